The van der Waals surface area contributed by atoms with E-state index in [9.17, 15) is 4.79 Å². The Labute approximate surface area is 217 Å². The maximum absolute atomic E-state index is 12.1. The van der Waals surface area contributed by atoms with Crippen molar-refractivity contribution in [2.24, 2.45) is 0 Å². The average Bonchev–Trinajstić information content (AvgIpc) is 3.48. The van der Waals surface area contributed by atoms with E-state index in [1.807, 2.05) is 18.2 Å². The van der Waals surface area contributed by atoms with Crippen molar-refractivity contribution in [2.45, 2.75) is 57.0 Å². The molecule has 2 saturated heterocycles. The zero-order valence-electron chi connectivity index (χ0n) is 20.9. The lowest BCUT2D eigenvalue weighted by Crippen LogP contribution is -2.53. The van der Waals surface area contributed by atoms with Crippen LogP contribution in [0.5, 0.6) is 5.88 Å². The lowest BCUT2D eigenvalue weighted by Gasteiger charge is -2.35. The van der Waals surface area contributed by atoms with Crippen molar-refractivity contribution in [3.05, 3.63) is 70.2 Å². The molecule has 3 heterocycles. The van der Waals surface area contributed by atoms with Crippen LogP contribution in [0.2, 0.25) is 5.02 Å². The third-order valence-electron chi connectivity index (χ3n) is 8.32. The molecule has 1 amide bonds. The number of fused-ring (bicyclic) bond motifs is 1. The fourth-order valence-electron chi connectivity index (χ4n) is 6.54. The Kier molecular flexibility index (Phi) is 6.01. The van der Waals surface area contributed by atoms with E-state index < -0.39 is 0 Å². The molecule has 1 aliphatic carbocycles. The van der Waals surface area contributed by atoms with Crippen LogP contribution in [0.3, 0.4) is 0 Å². The Morgan fingerprint density at radius 3 is 2.69 bits per heavy atom. The molecule has 0 radical (unpaired) electrons. The zero-order valence-corrected chi connectivity index (χ0v) is 21.7. The molecule has 2 aliphatic heterocycles. The van der Waals surface area contributed by atoms with Crippen molar-refractivity contribution in [1.82, 2.24) is 15.2 Å². The van der Waals surface area contributed by atoms with Gasteiger partial charge in [-0.3, -0.25) is 9.69 Å². The molecule has 186 valence electrons. The summed E-state index contributed by atoms with van der Waals surface area (Å²) < 4.78 is 5.89. The van der Waals surface area contributed by atoms with Crippen molar-refractivity contribution in [3.8, 4) is 28.3 Å². The van der Waals surface area contributed by atoms with Gasteiger partial charge in [0.2, 0.25) is 11.8 Å². The first-order chi connectivity index (χ1) is 17.5. The highest BCUT2D eigenvalue weighted by molar-refractivity contribution is 6.36. The maximum Gasteiger partial charge on any atom is 0.220 e. The van der Waals surface area contributed by atoms with Gasteiger partial charge in [-0.2, -0.15) is 0 Å². The minimum Gasteiger partial charge on any atom is -0.481 e. The third kappa shape index (κ3) is 3.99. The highest BCUT2D eigenvalue weighted by Crippen LogP contribution is 2.46. The molecule has 2 fully saturated rings. The molecule has 5 nitrogen and oxygen atoms in total. The molecular formula is C30H32ClN3O2. The molecule has 2 aromatic carbocycles. The predicted molar refractivity (Wildman–Crippen MR) is 143 cm³/mol. The van der Waals surface area contributed by atoms with Crippen LogP contribution in [-0.2, 0) is 11.2 Å². The second kappa shape index (κ2) is 9.20. The topological polar surface area (TPSA) is 54.5 Å². The smallest absolute Gasteiger partial charge is 0.220 e. The number of nitrogens with zero attached hydrogens (tertiary/aromatic N) is 2. The molecule has 3 aliphatic rings. The molecule has 6 rings (SSSR count). The van der Waals surface area contributed by atoms with Crippen LogP contribution in [0.1, 0.15) is 54.8 Å². The van der Waals surface area contributed by atoms with Crippen molar-refractivity contribution in [2.75, 3.05) is 20.2 Å². The SMILES string of the molecule is COc1nc(-c2cccc(-c3ccccc3C)c2Cl)cc2c1[C@@H](N1CC[C@@]3(CCCC(=O)N3)C1)CC2. The Morgan fingerprint density at radius 2 is 1.89 bits per heavy atom. The second-order valence-corrected chi connectivity index (χ2v) is 10.9. The summed E-state index contributed by atoms with van der Waals surface area (Å²) in [6.45, 7) is 3.99. The van der Waals surface area contributed by atoms with Gasteiger partial charge in [-0.05, 0) is 61.8 Å². The molecule has 1 aromatic heterocycles. The first kappa shape index (κ1) is 23.5. The second-order valence-electron chi connectivity index (χ2n) is 10.5. The number of rotatable bonds is 4. The van der Waals surface area contributed by atoms with Gasteiger partial charge in [-0.1, -0.05) is 54.1 Å². The van der Waals surface area contributed by atoms with Crippen molar-refractivity contribution in [1.29, 1.82) is 0 Å². The molecule has 0 unspecified atom stereocenters. The fourth-order valence-corrected chi connectivity index (χ4v) is 6.86. The average molecular weight is 502 g/mol. The van der Waals surface area contributed by atoms with Crippen molar-refractivity contribution in [3.63, 3.8) is 0 Å². The maximum atomic E-state index is 12.1. The van der Waals surface area contributed by atoms with E-state index in [-0.39, 0.29) is 17.5 Å². The van der Waals surface area contributed by atoms with Crippen LogP contribution in [0.4, 0.5) is 0 Å². The Hall–Kier alpha value is -2.89. The minimum absolute atomic E-state index is 0.0672. The summed E-state index contributed by atoms with van der Waals surface area (Å²) in [6, 6.07) is 16.9. The number of aromatic nitrogens is 1. The Bertz CT molecular complexity index is 1340. The van der Waals surface area contributed by atoms with E-state index in [0.29, 0.717) is 17.3 Å². The Balaban J connectivity index is 1.34. The van der Waals surface area contributed by atoms with Crippen LogP contribution in [0.15, 0.2) is 48.5 Å². The molecule has 0 bridgehead atoms. The summed E-state index contributed by atoms with van der Waals surface area (Å²) in [5, 5.41) is 4.03. The van der Waals surface area contributed by atoms with Crippen molar-refractivity contribution < 1.29 is 9.53 Å². The summed E-state index contributed by atoms with van der Waals surface area (Å²) in [7, 11) is 1.71. The lowest BCUT2D eigenvalue weighted by molar-refractivity contribution is -0.125. The Morgan fingerprint density at radius 1 is 1.08 bits per heavy atom. The van der Waals surface area contributed by atoms with E-state index in [4.69, 9.17) is 21.3 Å². The van der Waals surface area contributed by atoms with Crippen LogP contribution in [0, 0.1) is 6.92 Å². The molecule has 1 N–H and O–H groups in total. The van der Waals surface area contributed by atoms with Gasteiger partial charge in [0.1, 0.15) is 0 Å². The quantitative estimate of drug-likeness (QED) is 0.468. The normalized spacial score (nSPS) is 23.6. The molecule has 3 aromatic rings. The number of hydrogen-bond donors (Lipinski definition) is 1. The number of nitrogens with one attached hydrogen (secondary N) is 1. The number of aryl methyl sites for hydroxylation is 2. The molecule has 0 saturated carbocycles. The predicted octanol–water partition coefficient (Wildman–Crippen LogP) is 6.12. The largest absolute Gasteiger partial charge is 0.481 e. The monoisotopic (exact) mass is 501 g/mol. The molecular weight excluding hydrogens is 470 g/mol. The van der Waals surface area contributed by atoms with Gasteiger partial charge in [0.05, 0.1) is 23.4 Å². The van der Waals surface area contributed by atoms with Crippen LogP contribution < -0.4 is 10.1 Å². The minimum atomic E-state index is -0.0672. The number of hydrogen-bond acceptors (Lipinski definition) is 4. The van der Waals surface area contributed by atoms with Gasteiger partial charge in [0.25, 0.3) is 0 Å². The summed E-state index contributed by atoms with van der Waals surface area (Å²) in [5.41, 5.74) is 7.54. The molecule has 1 spiro atoms. The summed E-state index contributed by atoms with van der Waals surface area (Å²) in [6.07, 6.45) is 5.74. The van der Waals surface area contributed by atoms with Gasteiger partial charge in [0.15, 0.2) is 0 Å². The van der Waals surface area contributed by atoms with E-state index in [1.165, 1.54) is 16.7 Å². The highest BCUT2D eigenvalue weighted by atomic mass is 35.5. The number of amides is 1. The fraction of sp³-hybridized carbons (Fsp3) is 0.400. The van der Waals surface area contributed by atoms with Gasteiger partial charge in [0, 0.05) is 42.2 Å². The van der Waals surface area contributed by atoms with Gasteiger partial charge < -0.3 is 10.1 Å². The van der Waals surface area contributed by atoms with E-state index in [0.717, 1.165) is 67.6 Å². The van der Waals surface area contributed by atoms with E-state index in [1.54, 1.807) is 7.11 Å². The first-order valence-electron chi connectivity index (χ1n) is 13.0. The van der Waals surface area contributed by atoms with Crippen molar-refractivity contribution >= 4 is 17.5 Å². The van der Waals surface area contributed by atoms with Crippen LogP contribution in [0.25, 0.3) is 22.4 Å². The number of methoxy groups -OCH3 is 1. The number of ether oxygens (including phenoxy) is 1. The zero-order chi connectivity index (χ0) is 24.9. The van der Waals surface area contributed by atoms with Crippen LogP contribution >= 0.6 is 11.6 Å². The van der Waals surface area contributed by atoms with E-state index >= 15 is 0 Å². The number of likely N-dealkylation sites (tertiary alicyclic amines) is 1. The first-order valence-corrected chi connectivity index (χ1v) is 13.3. The van der Waals surface area contributed by atoms with Gasteiger partial charge >= 0.3 is 0 Å². The number of benzene rings is 2. The van der Waals surface area contributed by atoms with Crippen LogP contribution in [-0.4, -0.2) is 41.5 Å². The number of piperidine rings is 1. The number of carbonyl (C=O) groups excluding carboxylic acids is 1. The standard InChI is InChI=1S/C30H32ClN3O2/c1-19-7-3-4-8-21(19)22-9-5-10-23(28(22)31)24-17-20-12-13-25(27(20)29(32-24)36-2)34-16-15-30(18-34)14-6-11-26(35)33-30/h3-5,7-10,17,25H,6,11-16,18H2,1-2H3,(H,33,35)/t25-,30-/m0/s1. The summed E-state index contributed by atoms with van der Waals surface area (Å²) in [4.78, 5) is 19.6. The molecule has 2 atom stereocenters. The van der Waals surface area contributed by atoms with E-state index in [2.05, 4.69) is 47.5 Å². The summed E-state index contributed by atoms with van der Waals surface area (Å²) in [5.74, 6) is 0.889. The molecule has 36 heavy (non-hydrogen) atoms. The third-order valence-corrected chi connectivity index (χ3v) is 8.73. The number of carbonyl (C=O) groups is 1. The lowest BCUT2D eigenvalue weighted by atomic mass is 9.88. The van der Waals surface area contributed by atoms with Gasteiger partial charge in [-0.25, -0.2) is 4.98 Å². The number of halogens is 1. The number of pyridine rings is 1. The summed E-state index contributed by atoms with van der Waals surface area (Å²) >= 11 is 7.00. The highest BCUT2D eigenvalue weighted by Gasteiger charge is 2.45. The van der Waals surface area contributed by atoms with Gasteiger partial charge in [-0.15, -0.1) is 0 Å². The molecule has 6 heteroatoms.